The predicted octanol–water partition coefficient (Wildman–Crippen LogP) is 3.94. The summed E-state index contributed by atoms with van der Waals surface area (Å²) in [6.45, 7) is 0.947. The Labute approximate surface area is 182 Å². The minimum Gasteiger partial charge on any atom is -0.341 e. The van der Waals surface area contributed by atoms with Gasteiger partial charge in [0.15, 0.2) is 0 Å². The van der Waals surface area contributed by atoms with Crippen LogP contribution in [0.25, 0.3) is 6.08 Å². The number of rotatable bonds is 6. The zero-order valence-electron chi connectivity index (χ0n) is 17.1. The van der Waals surface area contributed by atoms with Crippen molar-refractivity contribution < 1.29 is 13.2 Å². The Bertz CT molecular complexity index is 1220. The van der Waals surface area contributed by atoms with E-state index in [9.17, 15) is 13.2 Å². The van der Waals surface area contributed by atoms with Crippen LogP contribution in [0.5, 0.6) is 0 Å². The van der Waals surface area contributed by atoms with Crippen molar-refractivity contribution in [1.29, 1.82) is 0 Å². The molecule has 0 aromatic heterocycles. The van der Waals surface area contributed by atoms with Gasteiger partial charge in [0.05, 0.1) is 4.90 Å². The second-order valence-electron chi connectivity index (χ2n) is 7.18. The highest BCUT2D eigenvalue weighted by Gasteiger charge is 2.19. The van der Waals surface area contributed by atoms with Crippen LogP contribution < -0.4 is 14.9 Å². The van der Waals surface area contributed by atoms with E-state index in [1.165, 1.54) is 36.5 Å². The highest BCUT2D eigenvalue weighted by atomic mass is 32.2. The van der Waals surface area contributed by atoms with Crippen LogP contribution in [0.15, 0.2) is 83.8 Å². The van der Waals surface area contributed by atoms with E-state index in [0.717, 1.165) is 24.2 Å². The molecule has 1 amide bonds. The number of nitrogens with one attached hydrogen (secondary N) is 2. The first-order chi connectivity index (χ1) is 15.0. The minimum atomic E-state index is -3.47. The van der Waals surface area contributed by atoms with Crippen LogP contribution >= 0.6 is 0 Å². The minimum absolute atomic E-state index is 0.178. The summed E-state index contributed by atoms with van der Waals surface area (Å²) in [6.07, 6.45) is 4.09. The summed E-state index contributed by atoms with van der Waals surface area (Å²) in [5, 5.41) is 2.84. The summed E-state index contributed by atoms with van der Waals surface area (Å²) in [7, 11) is -2.10. The normalized spacial score (nSPS) is 13.4. The van der Waals surface area contributed by atoms with Gasteiger partial charge in [-0.15, -0.1) is 0 Å². The number of carbonyl (C=O) groups excluding carboxylic acids is 1. The topological polar surface area (TPSA) is 78.5 Å². The van der Waals surface area contributed by atoms with Crippen LogP contribution in [0.1, 0.15) is 11.1 Å². The molecular formula is C24H23N3O3S. The number of para-hydroxylation sites is 1. The van der Waals surface area contributed by atoms with E-state index in [2.05, 4.69) is 33.1 Å². The lowest BCUT2D eigenvalue weighted by atomic mass is 10.2. The van der Waals surface area contributed by atoms with E-state index >= 15 is 0 Å². The smallest absolute Gasteiger partial charge is 0.248 e. The molecule has 1 aliphatic rings. The molecular weight excluding hydrogens is 410 g/mol. The van der Waals surface area contributed by atoms with Gasteiger partial charge in [0.2, 0.25) is 15.9 Å². The molecule has 0 atom stereocenters. The van der Waals surface area contributed by atoms with E-state index in [-0.39, 0.29) is 10.8 Å². The molecule has 3 aromatic rings. The molecule has 3 aromatic carbocycles. The van der Waals surface area contributed by atoms with Gasteiger partial charge < -0.3 is 10.2 Å². The van der Waals surface area contributed by atoms with Crippen LogP contribution in [0.3, 0.4) is 0 Å². The standard InChI is InChI=1S/C24H23N3O3S/c1-25-31(29,30)22-13-6-18(7-14-22)8-15-24(28)26-20-9-11-21(12-10-20)27-17-16-19-4-2-3-5-23(19)27/h2-15,25H,16-17H2,1H3,(H,26,28). The van der Waals surface area contributed by atoms with Crippen LogP contribution in [-0.4, -0.2) is 27.9 Å². The van der Waals surface area contributed by atoms with Crippen LogP contribution in [0.4, 0.5) is 17.1 Å². The van der Waals surface area contributed by atoms with Crippen molar-refractivity contribution in [1.82, 2.24) is 4.72 Å². The van der Waals surface area contributed by atoms with Gasteiger partial charge in [0.1, 0.15) is 0 Å². The van der Waals surface area contributed by atoms with Crippen molar-refractivity contribution in [3.8, 4) is 0 Å². The maximum absolute atomic E-state index is 12.2. The van der Waals surface area contributed by atoms with Gasteiger partial charge >= 0.3 is 0 Å². The Morgan fingerprint density at radius 2 is 1.68 bits per heavy atom. The molecule has 0 spiro atoms. The van der Waals surface area contributed by atoms with Gasteiger partial charge in [-0.2, -0.15) is 0 Å². The molecule has 0 radical (unpaired) electrons. The number of amides is 1. The third kappa shape index (κ3) is 4.68. The van der Waals surface area contributed by atoms with Gasteiger partial charge in [0, 0.05) is 29.7 Å². The lowest BCUT2D eigenvalue weighted by molar-refractivity contribution is -0.111. The predicted molar refractivity (Wildman–Crippen MR) is 124 cm³/mol. The van der Waals surface area contributed by atoms with Gasteiger partial charge in [-0.1, -0.05) is 30.3 Å². The molecule has 158 valence electrons. The van der Waals surface area contributed by atoms with E-state index in [0.29, 0.717) is 5.69 Å². The lowest BCUT2D eigenvalue weighted by Gasteiger charge is -2.19. The molecule has 0 fully saturated rings. The number of benzene rings is 3. The molecule has 31 heavy (non-hydrogen) atoms. The molecule has 0 unspecified atom stereocenters. The quantitative estimate of drug-likeness (QED) is 0.577. The average Bonchev–Trinajstić information content (AvgIpc) is 3.23. The SMILES string of the molecule is CNS(=O)(=O)c1ccc(C=CC(=O)Nc2ccc(N3CCc4ccccc43)cc2)cc1. The molecule has 0 saturated heterocycles. The van der Waals surface area contributed by atoms with Gasteiger partial charge in [-0.3, -0.25) is 4.79 Å². The molecule has 6 nitrogen and oxygen atoms in total. The second kappa shape index (κ2) is 8.75. The largest absolute Gasteiger partial charge is 0.341 e. The summed E-state index contributed by atoms with van der Waals surface area (Å²) in [5.41, 5.74) is 5.11. The average molecular weight is 434 g/mol. The number of sulfonamides is 1. The Kier molecular flexibility index (Phi) is 5.88. The molecule has 0 aliphatic carbocycles. The van der Waals surface area contributed by atoms with Crippen molar-refractivity contribution in [3.63, 3.8) is 0 Å². The molecule has 4 rings (SSSR count). The number of carbonyl (C=O) groups is 1. The van der Waals surface area contributed by atoms with Crippen LogP contribution in [0.2, 0.25) is 0 Å². The van der Waals surface area contributed by atoms with Crippen molar-refractivity contribution >= 4 is 39.1 Å². The first-order valence-electron chi connectivity index (χ1n) is 9.94. The highest BCUT2D eigenvalue weighted by Crippen LogP contribution is 2.34. The lowest BCUT2D eigenvalue weighted by Crippen LogP contribution is -2.18. The summed E-state index contributed by atoms with van der Waals surface area (Å²) in [5.74, 6) is -0.258. The number of nitrogens with zero attached hydrogens (tertiary/aromatic N) is 1. The Balaban J connectivity index is 1.38. The number of fused-ring (bicyclic) bond motifs is 1. The summed E-state index contributed by atoms with van der Waals surface area (Å²) in [4.78, 5) is 14.7. The first-order valence-corrected chi connectivity index (χ1v) is 11.4. The maximum atomic E-state index is 12.2. The maximum Gasteiger partial charge on any atom is 0.248 e. The molecule has 0 saturated carbocycles. The van der Waals surface area contributed by atoms with Crippen molar-refractivity contribution in [2.45, 2.75) is 11.3 Å². The first kappa shape index (κ1) is 20.8. The molecule has 7 heteroatoms. The molecule has 1 aliphatic heterocycles. The van der Waals surface area contributed by atoms with Gasteiger partial charge in [-0.05, 0) is 73.1 Å². The van der Waals surface area contributed by atoms with Crippen molar-refractivity contribution in [3.05, 3.63) is 90.0 Å². The molecule has 2 N–H and O–H groups in total. The third-order valence-electron chi connectivity index (χ3n) is 5.22. The Morgan fingerprint density at radius 1 is 0.968 bits per heavy atom. The Hall–Kier alpha value is -3.42. The molecule has 0 bridgehead atoms. The number of hydrogen-bond acceptors (Lipinski definition) is 4. The van der Waals surface area contributed by atoms with E-state index in [1.807, 2.05) is 30.3 Å². The van der Waals surface area contributed by atoms with Crippen LogP contribution in [0, 0.1) is 0 Å². The Morgan fingerprint density at radius 3 is 2.39 bits per heavy atom. The van der Waals surface area contributed by atoms with Crippen molar-refractivity contribution in [2.75, 3.05) is 23.8 Å². The van der Waals surface area contributed by atoms with E-state index in [1.54, 1.807) is 18.2 Å². The number of anilines is 3. The monoisotopic (exact) mass is 433 g/mol. The van der Waals surface area contributed by atoms with E-state index < -0.39 is 10.0 Å². The van der Waals surface area contributed by atoms with Gasteiger partial charge in [0.25, 0.3) is 0 Å². The zero-order valence-corrected chi connectivity index (χ0v) is 17.9. The second-order valence-corrected chi connectivity index (χ2v) is 9.06. The zero-order chi connectivity index (χ0) is 21.8. The fraction of sp³-hybridized carbons (Fsp3) is 0.125. The fourth-order valence-corrected chi connectivity index (χ4v) is 4.29. The van der Waals surface area contributed by atoms with Crippen molar-refractivity contribution in [2.24, 2.45) is 0 Å². The number of hydrogen-bond donors (Lipinski definition) is 2. The fourth-order valence-electron chi connectivity index (χ4n) is 3.56. The third-order valence-corrected chi connectivity index (χ3v) is 6.65. The summed E-state index contributed by atoms with van der Waals surface area (Å²) >= 11 is 0. The summed E-state index contributed by atoms with van der Waals surface area (Å²) in [6, 6.07) is 22.5. The summed E-state index contributed by atoms with van der Waals surface area (Å²) < 4.78 is 25.8. The van der Waals surface area contributed by atoms with Crippen LogP contribution in [-0.2, 0) is 21.2 Å². The highest BCUT2D eigenvalue weighted by molar-refractivity contribution is 7.89. The molecule has 1 heterocycles. The van der Waals surface area contributed by atoms with Gasteiger partial charge in [-0.25, -0.2) is 13.1 Å². The van der Waals surface area contributed by atoms with E-state index in [4.69, 9.17) is 0 Å².